The summed E-state index contributed by atoms with van der Waals surface area (Å²) >= 11 is 11.5. The van der Waals surface area contributed by atoms with Crippen LogP contribution >= 0.6 is 23.8 Å². The molecule has 5 nitrogen and oxygen atoms in total. The summed E-state index contributed by atoms with van der Waals surface area (Å²) in [5.41, 5.74) is 1.93. The second-order valence-electron chi connectivity index (χ2n) is 6.74. The Morgan fingerprint density at radius 2 is 1.77 bits per heavy atom. The molecule has 1 heterocycles. The van der Waals surface area contributed by atoms with E-state index in [0.29, 0.717) is 22.0 Å². The van der Waals surface area contributed by atoms with Crippen molar-refractivity contribution in [3.05, 3.63) is 76.3 Å². The van der Waals surface area contributed by atoms with Crippen LogP contribution in [0.2, 0.25) is 5.02 Å². The van der Waals surface area contributed by atoms with E-state index in [4.69, 9.17) is 28.6 Å². The third-order valence-corrected chi connectivity index (χ3v) is 5.71. The number of carbonyl (C=O) groups is 2. The maximum atomic E-state index is 13.3. The fraction of sp³-hybridized carbons (Fsp3) is 0.0870. The van der Waals surface area contributed by atoms with Gasteiger partial charge >= 0.3 is 0 Å². The summed E-state index contributed by atoms with van der Waals surface area (Å²) in [4.78, 5) is 27.3. The molecule has 1 N–H and O–H groups in total. The minimum Gasteiger partial charge on any atom is -0.496 e. The summed E-state index contributed by atoms with van der Waals surface area (Å²) in [6, 6.07) is 16.5. The first-order valence-corrected chi connectivity index (χ1v) is 9.93. The normalized spacial score (nSPS) is 15.6. The van der Waals surface area contributed by atoms with Crippen molar-refractivity contribution < 1.29 is 14.3 Å². The minimum absolute atomic E-state index is 0.0155. The predicted octanol–water partition coefficient (Wildman–Crippen LogP) is 4.64. The van der Waals surface area contributed by atoms with Gasteiger partial charge < -0.3 is 4.74 Å². The zero-order valence-corrected chi connectivity index (χ0v) is 17.8. The number of thiocarbonyl (C=S) groups is 1. The molecule has 0 bridgehead atoms. The maximum absolute atomic E-state index is 13.3. The quantitative estimate of drug-likeness (QED) is 0.369. The fourth-order valence-electron chi connectivity index (χ4n) is 3.47. The van der Waals surface area contributed by atoms with Gasteiger partial charge in [-0.15, -0.1) is 0 Å². The first kappa shape index (κ1) is 20.1. The van der Waals surface area contributed by atoms with Crippen LogP contribution in [0.5, 0.6) is 5.75 Å². The number of halogens is 1. The monoisotopic (exact) mass is 436 g/mol. The van der Waals surface area contributed by atoms with E-state index in [1.165, 1.54) is 4.90 Å². The lowest BCUT2D eigenvalue weighted by Gasteiger charge is -2.30. The smallest absolute Gasteiger partial charge is 0.270 e. The maximum Gasteiger partial charge on any atom is 0.270 e. The minimum atomic E-state index is -0.541. The largest absolute Gasteiger partial charge is 0.496 e. The third-order valence-electron chi connectivity index (χ3n) is 5.02. The molecule has 1 saturated heterocycles. The molecule has 3 aromatic carbocycles. The van der Waals surface area contributed by atoms with Gasteiger partial charge in [0, 0.05) is 10.4 Å². The number of amides is 2. The Hall–Kier alpha value is -3.22. The van der Waals surface area contributed by atoms with Crippen molar-refractivity contribution in [2.45, 2.75) is 6.92 Å². The lowest BCUT2D eigenvalue weighted by atomic mass is 10.00. The van der Waals surface area contributed by atoms with Crippen molar-refractivity contribution in [2.75, 3.05) is 12.0 Å². The Morgan fingerprint density at radius 3 is 2.50 bits per heavy atom. The first-order chi connectivity index (χ1) is 14.4. The second-order valence-corrected chi connectivity index (χ2v) is 7.54. The highest BCUT2D eigenvalue weighted by atomic mass is 35.5. The number of carbonyl (C=O) groups excluding carboxylic acids is 2. The number of nitrogens with zero attached hydrogens (tertiary/aromatic N) is 1. The van der Waals surface area contributed by atoms with Crippen molar-refractivity contribution in [1.29, 1.82) is 0 Å². The molecular formula is C23H17ClN2O3S. The predicted molar refractivity (Wildman–Crippen MR) is 123 cm³/mol. The van der Waals surface area contributed by atoms with E-state index in [1.807, 2.05) is 36.4 Å². The fourth-order valence-corrected chi connectivity index (χ4v) is 3.91. The number of hydrogen-bond acceptors (Lipinski definition) is 4. The van der Waals surface area contributed by atoms with Crippen LogP contribution < -0.4 is 15.0 Å². The molecule has 0 radical (unpaired) electrons. The summed E-state index contributed by atoms with van der Waals surface area (Å²) in [6.45, 7) is 1.80. The second kappa shape index (κ2) is 7.89. The highest BCUT2D eigenvalue weighted by Crippen LogP contribution is 2.32. The summed E-state index contributed by atoms with van der Waals surface area (Å²) in [5, 5.41) is 4.88. The van der Waals surface area contributed by atoms with Gasteiger partial charge in [-0.05, 0) is 59.9 Å². The van der Waals surface area contributed by atoms with Crippen LogP contribution in [0, 0.1) is 6.92 Å². The van der Waals surface area contributed by atoms with Crippen molar-refractivity contribution in [3.63, 3.8) is 0 Å². The molecule has 0 spiro atoms. The molecule has 0 atom stereocenters. The Morgan fingerprint density at radius 1 is 1.03 bits per heavy atom. The number of ether oxygens (including phenoxy) is 1. The van der Waals surface area contributed by atoms with E-state index in [2.05, 4.69) is 5.32 Å². The Bertz CT molecular complexity index is 1250. The van der Waals surface area contributed by atoms with E-state index in [9.17, 15) is 9.59 Å². The van der Waals surface area contributed by atoms with Crippen LogP contribution in [0.15, 0.2) is 60.2 Å². The number of anilines is 1. The molecule has 2 amide bonds. The molecule has 0 aliphatic carbocycles. The van der Waals surface area contributed by atoms with Crippen LogP contribution in [0.3, 0.4) is 0 Å². The van der Waals surface area contributed by atoms with Gasteiger partial charge in [0.1, 0.15) is 11.3 Å². The van der Waals surface area contributed by atoms with Crippen molar-refractivity contribution >= 4 is 63.3 Å². The van der Waals surface area contributed by atoms with Crippen molar-refractivity contribution in [2.24, 2.45) is 0 Å². The number of rotatable bonds is 3. The molecular weight excluding hydrogens is 420 g/mol. The van der Waals surface area contributed by atoms with Gasteiger partial charge in [0.15, 0.2) is 5.11 Å². The highest BCUT2D eigenvalue weighted by molar-refractivity contribution is 7.80. The number of fused-ring (bicyclic) bond motifs is 1. The molecule has 3 aromatic rings. The molecule has 1 aliphatic heterocycles. The lowest BCUT2D eigenvalue weighted by molar-refractivity contribution is -0.122. The molecule has 7 heteroatoms. The number of hydrogen-bond donors (Lipinski definition) is 1. The Kier molecular flexibility index (Phi) is 5.28. The molecule has 4 rings (SSSR count). The van der Waals surface area contributed by atoms with Crippen LogP contribution in [0.1, 0.15) is 11.1 Å². The van der Waals surface area contributed by atoms with E-state index >= 15 is 0 Å². The molecule has 0 unspecified atom stereocenters. The zero-order chi connectivity index (χ0) is 21.4. The molecule has 0 saturated carbocycles. The SMILES string of the molecule is COc1ccc(/C=C2\C(=O)NC(=S)N(c3cccc(Cl)c3C)C2=O)c2ccccc12. The summed E-state index contributed by atoms with van der Waals surface area (Å²) in [6.07, 6.45) is 1.58. The van der Waals surface area contributed by atoms with Crippen LogP contribution in [-0.2, 0) is 9.59 Å². The van der Waals surface area contributed by atoms with Gasteiger partial charge in [0.25, 0.3) is 11.8 Å². The summed E-state index contributed by atoms with van der Waals surface area (Å²) < 4.78 is 5.42. The standard InChI is InChI=1S/C23H17ClN2O3S/c1-13-18(24)8-5-9-19(13)26-22(28)17(21(27)25-23(26)30)12-14-10-11-20(29-2)16-7-4-3-6-15(14)16/h3-12H,1-2H3,(H,25,27,30)/b17-12+. The van der Waals surface area contributed by atoms with E-state index < -0.39 is 11.8 Å². The number of benzene rings is 3. The topological polar surface area (TPSA) is 58.6 Å². The van der Waals surface area contributed by atoms with E-state index in [-0.39, 0.29) is 10.7 Å². The van der Waals surface area contributed by atoms with E-state index in [0.717, 1.165) is 16.3 Å². The van der Waals surface area contributed by atoms with Crippen molar-refractivity contribution in [3.8, 4) is 5.75 Å². The van der Waals surface area contributed by atoms with Gasteiger partial charge in [0.2, 0.25) is 0 Å². The Labute approximate surface area is 183 Å². The third kappa shape index (κ3) is 3.34. The molecule has 1 fully saturated rings. The molecule has 0 aromatic heterocycles. The van der Waals surface area contributed by atoms with Gasteiger partial charge in [-0.2, -0.15) is 0 Å². The number of nitrogens with one attached hydrogen (secondary N) is 1. The van der Waals surface area contributed by atoms with Gasteiger partial charge in [-0.1, -0.05) is 48.0 Å². The van der Waals surface area contributed by atoms with Crippen LogP contribution in [0.4, 0.5) is 5.69 Å². The van der Waals surface area contributed by atoms with Gasteiger partial charge in [-0.25, -0.2) is 0 Å². The number of methoxy groups -OCH3 is 1. The average molecular weight is 437 g/mol. The van der Waals surface area contributed by atoms with Crippen molar-refractivity contribution in [1.82, 2.24) is 5.32 Å². The first-order valence-electron chi connectivity index (χ1n) is 9.14. The van der Waals surface area contributed by atoms with Crippen LogP contribution in [0.25, 0.3) is 16.8 Å². The highest BCUT2D eigenvalue weighted by Gasteiger charge is 2.35. The van der Waals surface area contributed by atoms with E-state index in [1.54, 1.807) is 38.3 Å². The summed E-state index contributed by atoms with van der Waals surface area (Å²) in [5.74, 6) is -0.334. The van der Waals surface area contributed by atoms with Gasteiger partial charge in [-0.3, -0.25) is 19.8 Å². The van der Waals surface area contributed by atoms with Crippen LogP contribution in [-0.4, -0.2) is 24.0 Å². The average Bonchev–Trinajstić information content (AvgIpc) is 2.74. The molecule has 30 heavy (non-hydrogen) atoms. The summed E-state index contributed by atoms with van der Waals surface area (Å²) in [7, 11) is 1.60. The zero-order valence-electron chi connectivity index (χ0n) is 16.2. The molecule has 150 valence electrons. The molecule has 1 aliphatic rings. The van der Waals surface area contributed by atoms with Gasteiger partial charge in [0.05, 0.1) is 12.8 Å². The lowest BCUT2D eigenvalue weighted by Crippen LogP contribution is -2.54. The Balaban J connectivity index is 1.85.